The highest BCUT2D eigenvalue weighted by Crippen LogP contribution is 2.18. The molecule has 0 amide bonds. The lowest BCUT2D eigenvalue weighted by molar-refractivity contribution is 0.104. The molecule has 0 heterocycles. The van der Waals surface area contributed by atoms with Gasteiger partial charge >= 0.3 is 0 Å². The highest BCUT2D eigenvalue weighted by Gasteiger charge is 2.05. The quantitative estimate of drug-likeness (QED) is 0.611. The van der Waals surface area contributed by atoms with Gasteiger partial charge in [-0.2, -0.15) is 0 Å². The third kappa shape index (κ3) is 3.58. The van der Waals surface area contributed by atoms with E-state index in [2.05, 4.69) is 15.9 Å². The van der Waals surface area contributed by atoms with E-state index >= 15 is 0 Å². The maximum absolute atomic E-state index is 12.1. The third-order valence-electron chi connectivity index (χ3n) is 2.98. The van der Waals surface area contributed by atoms with E-state index in [0.717, 1.165) is 15.7 Å². The number of anilines is 1. The first-order chi connectivity index (χ1) is 9.58. The van der Waals surface area contributed by atoms with E-state index in [1.54, 1.807) is 6.08 Å². The molecule has 20 heavy (non-hydrogen) atoms. The van der Waals surface area contributed by atoms with Crippen LogP contribution in [0.2, 0.25) is 0 Å². The van der Waals surface area contributed by atoms with Crippen LogP contribution in [0.4, 0.5) is 5.69 Å². The van der Waals surface area contributed by atoms with E-state index in [1.807, 2.05) is 73.6 Å². The van der Waals surface area contributed by atoms with Gasteiger partial charge in [0.05, 0.1) is 0 Å². The van der Waals surface area contributed by atoms with Gasteiger partial charge in [0.15, 0.2) is 5.78 Å². The van der Waals surface area contributed by atoms with Crippen molar-refractivity contribution >= 4 is 33.5 Å². The number of carbonyl (C=O) groups is 1. The van der Waals surface area contributed by atoms with Crippen LogP contribution in [0.15, 0.2) is 59.1 Å². The number of rotatable bonds is 4. The fourth-order valence-electron chi connectivity index (χ4n) is 1.81. The van der Waals surface area contributed by atoms with Crippen molar-refractivity contribution < 1.29 is 4.79 Å². The molecule has 0 bridgehead atoms. The monoisotopic (exact) mass is 329 g/mol. The Kier molecular flexibility index (Phi) is 4.74. The van der Waals surface area contributed by atoms with Crippen molar-refractivity contribution in [2.45, 2.75) is 0 Å². The molecule has 0 atom stereocenters. The van der Waals surface area contributed by atoms with Crippen LogP contribution in [0.5, 0.6) is 0 Å². The van der Waals surface area contributed by atoms with Crippen LogP contribution in [0.3, 0.4) is 0 Å². The summed E-state index contributed by atoms with van der Waals surface area (Å²) in [6.45, 7) is 0. The van der Waals surface area contributed by atoms with Gasteiger partial charge in [-0.25, -0.2) is 0 Å². The van der Waals surface area contributed by atoms with Gasteiger partial charge in [0.25, 0.3) is 0 Å². The average Bonchev–Trinajstić information content (AvgIpc) is 2.45. The number of nitrogens with zero attached hydrogens (tertiary/aromatic N) is 1. The van der Waals surface area contributed by atoms with Crippen LogP contribution < -0.4 is 4.90 Å². The van der Waals surface area contributed by atoms with Gasteiger partial charge in [-0.1, -0.05) is 46.3 Å². The minimum Gasteiger partial charge on any atom is -0.378 e. The van der Waals surface area contributed by atoms with E-state index < -0.39 is 0 Å². The first-order valence-electron chi connectivity index (χ1n) is 6.32. The molecule has 0 aliphatic heterocycles. The molecule has 2 nitrogen and oxygen atoms in total. The Morgan fingerprint density at radius 2 is 1.70 bits per heavy atom. The Hall–Kier alpha value is -1.87. The molecule has 3 heteroatoms. The average molecular weight is 330 g/mol. The van der Waals surface area contributed by atoms with E-state index in [0.29, 0.717) is 5.56 Å². The lowest BCUT2D eigenvalue weighted by Crippen LogP contribution is -2.07. The van der Waals surface area contributed by atoms with Crippen LogP contribution in [0.25, 0.3) is 6.08 Å². The Morgan fingerprint density at radius 1 is 1.05 bits per heavy atom. The Balaban J connectivity index is 2.13. The lowest BCUT2D eigenvalue weighted by atomic mass is 10.1. The summed E-state index contributed by atoms with van der Waals surface area (Å²) in [5.41, 5.74) is 2.82. The maximum atomic E-state index is 12.1. The number of hydrogen-bond donors (Lipinski definition) is 0. The van der Waals surface area contributed by atoms with Gasteiger partial charge in [-0.15, -0.1) is 0 Å². The zero-order valence-electron chi connectivity index (χ0n) is 11.5. The van der Waals surface area contributed by atoms with Crippen molar-refractivity contribution in [3.63, 3.8) is 0 Å². The molecule has 0 aliphatic rings. The standard InChI is InChI=1S/C17H16BrNO/c1-19(2)14-10-7-13(8-11-14)9-12-17(20)15-5-3-4-6-16(15)18/h3-12H,1-2H3. The van der Waals surface area contributed by atoms with Crippen molar-refractivity contribution in [3.05, 3.63) is 70.2 Å². The lowest BCUT2D eigenvalue weighted by Gasteiger charge is -2.11. The SMILES string of the molecule is CN(C)c1ccc(C=CC(=O)c2ccccc2Br)cc1. The molecule has 2 rings (SSSR count). The second kappa shape index (κ2) is 6.53. The third-order valence-corrected chi connectivity index (χ3v) is 3.67. The first-order valence-corrected chi connectivity index (χ1v) is 7.11. The highest BCUT2D eigenvalue weighted by molar-refractivity contribution is 9.10. The second-order valence-electron chi connectivity index (χ2n) is 4.66. The summed E-state index contributed by atoms with van der Waals surface area (Å²) in [4.78, 5) is 14.1. The minimum atomic E-state index is -0.00541. The largest absolute Gasteiger partial charge is 0.378 e. The van der Waals surface area contributed by atoms with Gasteiger partial charge in [0.2, 0.25) is 0 Å². The molecule has 2 aromatic rings. The number of carbonyl (C=O) groups excluding carboxylic acids is 1. The van der Waals surface area contributed by atoms with Crippen molar-refractivity contribution in [2.24, 2.45) is 0 Å². The van der Waals surface area contributed by atoms with Gasteiger partial charge in [0.1, 0.15) is 0 Å². The summed E-state index contributed by atoms with van der Waals surface area (Å²) in [6.07, 6.45) is 3.44. The molecule has 0 aliphatic carbocycles. The van der Waals surface area contributed by atoms with Crippen LogP contribution in [-0.4, -0.2) is 19.9 Å². The van der Waals surface area contributed by atoms with Gasteiger partial charge in [0, 0.05) is 29.8 Å². The summed E-state index contributed by atoms with van der Waals surface area (Å²) in [5, 5.41) is 0. The Labute approximate surface area is 127 Å². The van der Waals surface area contributed by atoms with Crippen molar-refractivity contribution in [2.75, 3.05) is 19.0 Å². The summed E-state index contributed by atoms with van der Waals surface area (Å²) < 4.78 is 0.817. The molecule has 0 saturated heterocycles. The fourth-order valence-corrected chi connectivity index (χ4v) is 2.29. The molecular weight excluding hydrogens is 314 g/mol. The maximum Gasteiger partial charge on any atom is 0.186 e. The number of halogens is 1. The smallest absolute Gasteiger partial charge is 0.186 e. The number of hydrogen-bond acceptors (Lipinski definition) is 2. The number of ketones is 1. The van der Waals surface area contributed by atoms with E-state index in [9.17, 15) is 4.79 Å². The molecule has 2 aromatic carbocycles. The van der Waals surface area contributed by atoms with Crippen molar-refractivity contribution in [3.8, 4) is 0 Å². The van der Waals surface area contributed by atoms with Crippen molar-refractivity contribution in [1.29, 1.82) is 0 Å². The molecule has 0 fully saturated rings. The van der Waals surface area contributed by atoms with E-state index in [-0.39, 0.29) is 5.78 Å². The molecule has 0 aromatic heterocycles. The van der Waals surface area contributed by atoms with Crippen LogP contribution in [0, 0.1) is 0 Å². The molecule has 0 saturated carbocycles. The number of benzene rings is 2. The van der Waals surface area contributed by atoms with Crippen molar-refractivity contribution in [1.82, 2.24) is 0 Å². The molecule has 0 radical (unpaired) electrons. The molecule has 0 unspecified atom stereocenters. The summed E-state index contributed by atoms with van der Waals surface area (Å²) in [5.74, 6) is -0.00541. The molecule has 102 valence electrons. The second-order valence-corrected chi connectivity index (χ2v) is 5.52. The van der Waals surface area contributed by atoms with E-state index in [4.69, 9.17) is 0 Å². The predicted molar refractivity (Wildman–Crippen MR) is 88.3 cm³/mol. The van der Waals surface area contributed by atoms with Crippen LogP contribution in [0.1, 0.15) is 15.9 Å². The van der Waals surface area contributed by atoms with Crippen LogP contribution in [-0.2, 0) is 0 Å². The van der Waals surface area contributed by atoms with Gasteiger partial charge in [-0.05, 0) is 35.9 Å². The number of allylic oxidation sites excluding steroid dienone is 1. The van der Waals surface area contributed by atoms with Crippen LogP contribution >= 0.6 is 15.9 Å². The topological polar surface area (TPSA) is 20.3 Å². The summed E-state index contributed by atoms with van der Waals surface area (Å²) in [6, 6.07) is 15.5. The predicted octanol–water partition coefficient (Wildman–Crippen LogP) is 4.41. The molecular formula is C17H16BrNO. The first kappa shape index (κ1) is 14.5. The zero-order chi connectivity index (χ0) is 14.5. The fraction of sp³-hybridized carbons (Fsp3) is 0.118. The highest BCUT2D eigenvalue weighted by atomic mass is 79.9. The summed E-state index contributed by atoms with van der Waals surface area (Å²) in [7, 11) is 4.00. The Bertz CT molecular complexity index is 630. The molecule has 0 N–H and O–H groups in total. The normalized spacial score (nSPS) is 10.8. The van der Waals surface area contributed by atoms with Gasteiger partial charge in [-0.3, -0.25) is 4.79 Å². The summed E-state index contributed by atoms with van der Waals surface area (Å²) >= 11 is 3.39. The Morgan fingerprint density at radius 3 is 2.30 bits per heavy atom. The zero-order valence-corrected chi connectivity index (χ0v) is 13.1. The molecule has 0 spiro atoms. The minimum absolute atomic E-state index is 0.00541. The van der Waals surface area contributed by atoms with Gasteiger partial charge < -0.3 is 4.90 Å². The van der Waals surface area contributed by atoms with E-state index in [1.165, 1.54) is 0 Å².